The zero-order chi connectivity index (χ0) is 29.6. The number of benzene rings is 2. The van der Waals surface area contributed by atoms with Crippen molar-refractivity contribution in [2.75, 3.05) is 18.4 Å². The van der Waals surface area contributed by atoms with Gasteiger partial charge in [0, 0.05) is 25.4 Å². The lowest BCUT2D eigenvalue weighted by Gasteiger charge is -2.33. The lowest BCUT2D eigenvalue weighted by Crippen LogP contribution is -2.45. The SMILES string of the molecule is Cc1nc2cccc(NC(=O)C3CCN([S+](=O)([O-])c4ccc5c(c4)CCCC5)CC3)c2c(=O)n1C1CCC(=O)NC1=O. The van der Waals surface area contributed by atoms with Gasteiger partial charge in [-0.2, -0.15) is 0 Å². The van der Waals surface area contributed by atoms with Crippen molar-refractivity contribution in [1.29, 1.82) is 0 Å². The molecule has 3 aliphatic rings. The van der Waals surface area contributed by atoms with Crippen LogP contribution in [0.3, 0.4) is 0 Å². The highest BCUT2D eigenvalue weighted by Gasteiger charge is 2.37. The molecular formula is C30H33N5O6S. The molecule has 1 aromatic heterocycles. The Kier molecular flexibility index (Phi) is 7.54. The molecule has 2 aliphatic heterocycles. The third-order valence-electron chi connectivity index (χ3n) is 8.67. The molecule has 3 aromatic rings. The van der Waals surface area contributed by atoms with E-state index in [2.05, 4.69) is 15.6 Å². The van der Waals surface area contributed by atoms with Crippen LogP contribution in [0.25, 0.3) is 10.9 Å². The Morgan fingerprint density at radius 2 is 1.76 bits per heavy atom. The van der Waals surface area contributed by atoms with E-state index in [0.29, 0.717) is 29.1 Å². The van der Waals surface area contributed by atoms with Crippen molar-refractivity contribution < 1.29 is 23.1 Å². The van der Waals surface area contributed by atoms with E-state index in [1.807, 2.05) is 6.07 Å². The Labute approximate surface area is 244 Å². The monoisotopic (exact) mass is 591 g/mol. The number of hydrogen-bond acceptors (Lipinski definition) is 7. The van der Waals surface area contributed by atoms with E-state index in [0.717, 1.165) is 31.2 Å². The number of nitrogens with one attached hydrogen (secondary N) is 2. The molecule has 2 aromatic carbocycles. The van der Waals surface area contributed by atoms with Crippen LogP contribution in [-0.2, 0) is 41.8 Å². The number of fused-ring (bicyclic) bond motifs is 2. The number of aryl methyl sites for hydroxylation is 3. The maximum absolute atomic E-state index is 13.7. The van der Waals surface area contributed by atoms with Gasteiger partial charge in [0.05, 0.1) is 16.6 Å². The zero-order valence-corrected chi connectivity index (χ0v) is 24.2. The van der Waals surface area contributed by atoms with Crippen molar-refractivity contribution in [2.45, 2.75) is 69.2 Å². The molecule has 11 nitrogen and oxygen atoms in total. The van der Waals surface area contributed by atoms with E-state index < -0.39 is 33.8 Å². The van der Waals surface area contributed by atoms with Gasteiger partial charge in [0.2, 0.25) is 17.7 Å². The molecule has 3 heterocycles. The summed E-state index contributed by atoms with van der Waals surface area (Å²) in [5.41, 5.74) is 2.50. The summed E-state index contributed by atoms with van der Waals surface area (Å²) in [4.78, 5) is 56.0. The number of aromatic nitrogens is 2. The standard InChI is InChI=1S/C30H33N5O6S/c1-18-31-23-7-4-8-24(27(23)30(39)35(18)25-11-12-26(36)33-29(25)38)32-28(37)20-13-15-34(16-14-20)42(40,41)22-10-9-19-5-2-3-6-21(19)17-22/h4,7-10,17,20,25H,2-3,5-6,11-16H2,1H3,(H2-,32,33,36,37,38,39,40,41). The highest BCUT2D eigenvalue weighted by atomic mass is 32.3. The van der Waals surface area contributed by atoms with Gasteiger partial charge in [-0.05, 0) is 87.3 Å². The molecule has 0 spiro atoms. The molecule has 220 valence electrons. The van der Waals surface area contributed by atoms with Crippen molar-refractivity contribution in [2.24, 2.45) is 5.92 Å². The number of nitrogens with zero attached hydrogens (tertiary/aromatic N) is 3. The van der Waals surface area contributed by atoms with Crippen LogP contribution in [0.4, 0.5) is 5.69 Å². The molecule has 0 bridgehead atoms. The Balaban J connectivity index is 1.18. The average Bonchev–Trinajstić information content (AvgIpc) is 2.98. The fourth-order valence-electron chi connectivity index (χ4n) is 6.37. The lowest BCUT2D eigenvalue weighted by molar-refractivity contribution is -0.135. The van der Waals surface area contributed by atoms with Crippen LogP contribution in [0, 0.1) is 12.8 Å². The largest absolute Gasteiger partial charge is 0.593 e. The Morgan fingerprint density at radius 1 is 1.02 bits per heavy atom. The lowest BCUT2D eigenvalue weighted by atomic mass is 9.92. The van der Waals surface area contributed by atoms with Crippen molar-refractivity contribution >= 4 is 44.7 Å². The summed E-state index contributed by atoms with van der Waals surface area (Å²) >= 11 is 0. The molecule has 0 saturated carbocycles. The summed E-state index contributed by atoms with van der Waals surface area (Å²) in [5.74, 6) is -1.36. The Bertz CT molecular complexity index is 1710. The Hall–Kier alpha value is -3.74. The molecule has 12 heteroatoms. The number of carbonyl (C=O) groups is 3. The van der Waals surface area contributed by atoms with Crippen LogP contribution < -0.4 is 16.2 Å². The summed E-state index contributed by atoms with van der Waals surface area (Å²) in [5, 5.41) is 5.32. The van der Waals surface area contributed by atoms with Gasteiger partial charge in [-0.25, -0.2) is 4.98 Å². The average molecular weight is 592 g/mol. The van der Waals surface area contributed by atoms with E-state index in [1.165, 1.54) is 14.4 Å². The highest BCUT2D eigenvalue weighted by molar-refractivity contribution is 7.95. The number of imide groups is 1. The first kappa shape index (κ1) is 28.4. The van der Waals surface area contributed by atoms with Gasteiger partial charge < -0.3 is 9.87 Å². The van der Waals surface area contributed by atoms with Gasteiger partial charge >= 0.3 is 0 Å². The first-order valence-electron chi connectivity index (χ1n) is 14.4. The molecule has 1 aliphatic carbocycles. The number of sulfonamides is 1. The van der Waals surface area contributed by atoms with Gasteiger partial charge in [-0.3, -0.25) is 29.1 Å². The number of piperidine rings is 2. The smallest absolute Gasteiger partial charge is 0.264 e. The van der Waals surface area contributed by atoms with Crippen molar-refractivity contribution in [3.05, 3.63) is 63.7 Å². The molecule has 2 N–H and O–H groups in total. The summed E-state index contributed by atoms with van der Waals surface area (Å²) in [6.45, 7) is 2.06. The van der Waals surface area contributed by atoms with Gasteiger partial charge in [0.1, 0.15) is 11.9 Å². The van der Waals surface area contributed by atoms with Crippen molar-refractivity contribution in [3.8, 4) is 0 Å². The van der Waals surface area contributed by atoms with Crippen LogP contribution in [-0.4, -0.2) is 49.2 Å². The summed E-state index contributed by atoms with van der Waals surface area (Å²) in [6.07, 6.45) is 5.04. The van der Waals surface area contributed by atoms with Crippen molar-refractivity contribution in [1.82, 2.24) is 19.2 Å². The van der Waals surface area contributed by atoms with Crippen LogP contribution in [0.1, 0.15) is 61.5 Å². The summed E-state index contributed by atoms with van der Waals surface area (Å²) in [7, 11) is -3.67. The number of hydrogen-bond donors (Lipinski definition) is 2. The quantitative estimate of drug-likeness (QED) is 0.342. The summed E-state index contributed by atoms with van der Waals surface area (Å²) < 4.78 is 29.5. The van der Waals surface area contributed by atoms with E-state index in [9.17, 15) is 27.9 Å². The highest BCUT2D eigenvalue weighted by Crippen LogP contribution is 2.32. The topological polar surface area (TPSA) is 154 Å². The fourth-order valence-corrected chi connectivity index (χ4v) is 7.89. The molecule has 2 unspecified atom stereocenters. The van der Waals surface area contributed by atoms with Gasteiger partial charge in [-0.15, -0.1) is 4.31 Å². The molecule has 0 radical (unpaired) electrons. The third-order valence-corrected chi connectivity index (χ3v) is 10.6. The maximum atomic E-state index is 13.7. The predicted molar refractivity (Wildman–Crippen MR) is 155 cm³/mol. The molecule has 42 heavy (non-hydrogen) atoms. The molecule has 2 fully saturated rings. The first-order chi connectivity index (χ1) is 20.1. The van der Waals surface area contributed by atoms with Gasteiger partial charge in [0.25, 0.3) is 5.56 Å². The third kappa shape index (κ3) is 5.18. The zero-order valence-electron chi connectivity index (χ0n) is 23.4. The minimum Gasteiger partial charge on any atom is -0.593 e. The summed E-state index contributed by atoms with van der Waals surface area (Å²) in [6, 6.07) is 9.51. The molecule has 2 saturated heterocycles. The second-order valence-electron chi connectivity index (χ2n) is 11.3. The molecule has 2 atom stereocenters. The predicted octanol–water partition coefficient (Wildman–Crippen LogP) is 2.82. The van der Waals surface area contributed by atoms with Crippen LogP contribution in [0.5, 0.6) is 0 Å². The normalized spacial score (nSPS) is 21.4. The number of anilines is 1. The molecular weight excluding hydrogens is 558 g/mol. The van der Waals surface area contributed by atoms with Crippen molar-refractivity contribution in [3.63, 3.8) is 0 Å². The Morgan fingerprint density at radius 3 is 2.50 bits per heavy atom. The van der Waals surface area contributed by atoms with E-state index >= 15 is 0 Å². The number of amides is 3. The van der Waals surface area contributed by atoms with Gasteiger partial charge in [-0.1, -0.05) is 16.3 Å². The first-order valence-corrected chi connectivity index (χ1v) is 15.9. The minimum atomic E-state index is -3.67. The fraction of sp³-hybridized carbons (Fsp3) is 0.433. The van der Waals surface area contributed by atoms with E-state index in [1.54, 1.807) is 37.3 Å². The second-order valence-corrected chi connectivity index (χ2v) is 13.2. The second kappa shape index (κ2) is 11.2. The van der Waals surface area contributed by atoms with Crippen LogP contribution in [0.2, 0.25) is 0 Å². The maximum Gasteiger partial charge on any atom is 0.264 e. The number of carbonyl (C=O) groups excluding carboxylic acids is 3. The minimum absolute atomic E-state index is 0.111. The molecule has 6 rings (SSSR count). The molecule has 3 amide bonds. The number of rotatable bonds is 5. The van der Waals surface area contributed by atoms with E-state index in [-0.39, 0.29) is 48.8 Å². The van der Waals surface area contributed by atoms with E-state index in [4.69, 9.17) is 0 Å². The van der Waals surface area contributed by atoms with Gasteiger partial charge in [0.15, 0.2) is 15.3 Å². The van der Waals surface area contributed by atoms with Crippen LogP contribution in [0.15, 0.2) is 46.1 Å². The van der Waals surface area contributed by atoms with Crippen LogP contribution >= 0.6 is 0 Å².